The molecule has 5 heteroatoms. The van der Waals surface area contributed by atoms with E-state index in [-0.39, 0.29) is 30.7 Å². The monoisotopic (exact) mass is 402 g/mol. The maximum Gasteiger partial charge on any atom is 0.190 e. The fraction of sp³-hybridized carbons (Fsp3) is 0.625. The van der Waals surface area contributed by atoms with Crippen LogP contribution in [0.5, 0.6) is 0 Å². The first-order chi connectivity index (χ1) is 10.0. The van der Waals surface area contributed by atoms with E-state index in [1.165, 1.54) is 5.56 Å². The molecule has 0 aliphatic carbocycles. The van der Waals surface area contributed by atoms with Gasteiger partial charge in [-0.2, -0.15) is 0 Å². The lowest BCUT2D eigenvalue weighted by molar-refractivity contribution is -0.229. The van der Waals surface area contributed by atoms with Crippen molar-refractivity contribution in [2.45, 2.75) is 60.7 Å². The Balaban J connectivity index is 1.57. The quantitative estimate of drug-likeness (QED) is 0.534. The minimum absolute atomic E-state index is 0.0525. The second-order valence-electron chi connectivity index (χ2n) is 6.32. The number of benzene rings is 1. The Morgan fingerprint density at radius 2 is 1.76 bits per heavy atom. The predicted octanol–water partition coefficient (Wildman–Crippen LogP) is 3.20. The highest BCUT2D eigenvalue weighted by Crippen LogP contribution is 2.47. The summed E-state index contributed by atoms with van der Waals surface area (Å²) in [5, 5.41) is 0. The molecule has 0 N–H and O–H groups in total. The van der Waals surface area contributed by atoms with Gasteiger partial charge in [-0.25, -0.2) is 0 Å². The largest absolute Gasteiger partial charge is 0.365 e. The molecule has 4 nitrogen and oxygen atoms in total. The number of rotatable bonds is 1. The van der Waals surface area contributed by atoms with Crippen LogP contribution in [0.3, 0.4) is 0 Å². The summed E-state index contributed by atoms with van der Waals surface area (Å²) in [4.78, 5) is 0. The lowest BCUT2D eigenvalue weighted by Crippen LogP contribution is -2.45. The summed E-state index contributed by atoms with van der Waals surface area (Å²) >= 11 is 2.47. The summed E-state index contributed by atoms with van der Waals surface area (Å²) in [5.74, 6) is -0.593. The van der Waals surface area contributed by atoms with Crippen LogP contribution in [0.2, 0.25) is 0 Å². The van der Waals surface area contributed by atoms with Crippen LogP contribution in [0.4, 0.5) is 0 Å². The molecule has 3 aliphatic rings. The van der Waals surface area contributed by atoms with Gasteiger partial charge in [-0.05, 0) is 25.8 Å². The van der Waals surface area contributed by atoms with E-state index >= 15 is 0 Å². The van der Waals surface area contributed by atoms with Crippen molar-refractivity contribution in [3.8, 4) is 0 Å². The Morgan fingerprint density at radius 3 is 2.52 bits per heavy atom. The molecule has 0 bridgehead atoms. The van der Waals surface area contributed by atoms with Crippen molar-refractivity contribution in [3.63, 3.8) is 0 Å². The van der Waals surface area contributed by atoms with Crippen LogP contribution in [0.15, 0.2) is 30.3 Å². The second kappa shape index (κ2) is 5.16. The van der Waals surface area contributed by atoms with Crippen molar-refractivity contribution in [1.82, 2.24) is 0 Å². The molecule has 1 aromatic carbocycles. The average Bonchev–Trinajstić information content (AvgIpc) is 2.93. The third-order valence-electron chi connectivity index (χ3n) is 4.32. The van der Waals surface area contributed by atoms with Gasteiger partial charge < -0.3 is 18.9 Å². The Labute approximate surface area is 138 Å². The molecule has 0 saturated carbocycles. The summed E-state index contributed by atoms with van der Waals surface area (Å²) in [6, 6.07) is 10.4. The summed E-state index contributed by atoms with van der Waals surface area (Å²) in [6.45, 7) is 3.84. The zero-order valence-corrected chi connectivity index (χ0v) is 14.2. The Bertz CT molecular complexity index is 520. The smallest absolute Gasteiger partial charge is 0.190 e. The molecule has 3 saturated heterocycles. The third kappa shape index (κ3) is 2.53. The van der Waals surface area contributed by atoms with Crippen LogP contribution in [0.25, 0.3) is 0 Å². The van der Waals surface area contributed by atoms with Gasteiger partial charge in [0, 0.05) is 3.92 Å². The number of halogens is 1. The highest BCUT2D eigenvalue weighted by molar-refractivity contribution is 14.1. The molecule has 3 aliphatic heterocycles. The first-order valence-corrected chi connectivity index (χ1v) is 8.64. The van der Waals surface area contributed by atoms with E-state index in [4.69, 9.17) is 18.9 Å². The molecular formula is C16H19IO4. The van der Waals surface area contributed by atoms with E-state index in [1.807, 2.05) is 19.9 Å². The molecule has 21 heavy (non-hydrogen) atoms. The van der Waals surface area contributed by atoms with E-state index in [2.05, 4.69) is 46.9 Å². The predicted molar refractivity (Wildman–Crippen MR) is 85.2 cm³/mol. The van der Waals surface area contributed by atoms with Gasteiger partial charge in [-0.3, -0.25) is 0 Å². The van der Waals surface area contributed by atoms with Crippen molar-refractivity contribution < 1.29 is 18.9 Å². The maximum absolute atomic E-state index is 6.34. The average molecular weight is 402 g/mol. The standard InChI is InChI=1S/C16H19IO4/c1-16(2)20-14-13-12(19-15(14)21-16)10(17)8-11(18-13)9-6-4-3-5-7-9/h3-7,10-15H,8H2,1-2H3/t10-,11-,12-,13+,14+,15+/m1/s1. The molecule has 0 unspecified atom stereocenters. The van der Waals surface area contributed by atoms with E-state index < -0.39 is 5.79 Å². The maximum atomic E-state index is 6.34. The Kier molecular flexibility index (Phi) is 3.54. The van der Waals surface area contributed by atoms with Crippen molar-refractivity contribution >= 4 is 22.6 Å². The molecular weight excluding hydrogens is 383 g/mol. The molecule has 0 radical (unpaired) electrons. The van der Waals surface area contributed by atoms with Gasteiger partial charge in [0.2, 0.25) is 0 Å². The van der Waals surface area contributed by atoms with Crippen LogP contribution in [0.1, 0.15) is 31.9 Å². The number of ether oxygens (including phenoxy) is 4. The van der Waals surface area contributed by atoms with Crippen LogP contribution in [-0.2, 0) is 18.9 Å². The lowest BCUT2D eigenvalue weighted by Gasteiger charge is -2.37. The fourth-order valence-corrected chi connectivity index (χ4v) is 4.46. The number of hydrogen-bond acceptors (Lipinski definition) is 4. The zero-order valence-electron chi connectivity index (χ0n) is 12.1. The minimum atomic E-state index is -0.593. The minimum Gasteiger partial charge on any atom is -0.365 e. The van der Waals surface area contributed by atoms with Crippen LogP contribution in [0, 0.1) is 0 Å². The van der Waals surface area contributed by atoms with Gasteiger partial charge in [-0.15, -0.1) is 0 Å². The Hall–Kier alpha value is -0.210. The summed E-state index contributed by atoms with van der Waals surface area (Å²) in [6.07, 6.45) is 0.614. The van der Waals surface area contributed by atoms with Crippen molar-refractivity contribution in [3.05, 3.63) is 35.9 Å². The molecule has 3 heterocycles. The van der Waals surface area contributed by atoms with Crippen LogP contribution < -0.4 is 0 Å². The highest BCUT2D eigenvalue weighted by Gasteiger charge is 2.59. The zero-order chi connectivity index (χ0) is 14.6. The molecule has 0 spiro atoms. The summed E-state index contributed by atoms with van der Waals surface area (Å²) < 4.78 is 24.6. The van der Waals surface area contributed by atoms with Gasteiger partial charge in [0.05, 0.1) is 6.10 Å². The van der Waals surface area contributed by atoms with E-state index in [1.54, 1.807) is 0 Å². The first-order valence-electron chi connectivity index (χ1n) is 7.39. The molecule has 114 valence electrons. The van der Waals surface area contributed by atoms with E-state index in [9.17, 15) is 0 Å². The molecule has 4 rings (SSSR count). The topological polar surface area (TPSA) is 36.9 Å². The SMILES string of the molecule is CC1(C)O[C@@H]2O[C@H]3[C@H](O[C@@H](c4ccccc4)C[C@H]3I)[C@@H]2O1. The van der Waals surface area contributed by atoms with Crippen molar-refractivity contribution in [2.24, 2.45) is 0 Å². The third-order valence-corrected chi connectivity index (χ3v) is 5.53. The fourth-order valence-electron chi connectivity index (χ4n) is 3.42. The van der Waals surface area contributed by atoms with Gasteiger partial charge in [-0.1, -0.05) is 52.9 Å². The lowest BCUT2D eigenvalue weighted by atomic mass is 9.95. The molecule has 6 atom stereocenters. The van der Waals surface area contributed by atoms with E-state index in [0.29, 0.717) is 3.92 Å². The number of alkyl halides is 1. The van der Waals surface area contributed by atoms with Crippen molar-refractivity contribution in [1.29, 1.82) is 0 Å². The Morgan fingerprint density at radius 1 is 1.00 bits per heavy atom. The molecule has 1 aromatic rings. The molecule has 0 aromatic heterocycles. The number of hydrogen-bond donors (Lipinski definition) is 0. The second-order valence-corrected chi connectivity index (χ2v) is 7.92. The normalized spacial score (nSPS) is 44.3. The molecule has 3 fully saturated rings. The van der Waals surface area contributed by atoms with Crippen molar-refractivity contribution in [2.75, 3.05) is 0 Å². The van der Waals surface area contributed by atoms with Gasteiger partial charge in [0.15, 0.2) is 12.1 Å². The summed E-state index contributed by atoms with van der Waals surface area (Å²) in [7, 11) is 0. The number of fused-ring (bicyclic) bond motifs is 3. The van der Waals surface area contributed by atoms with Crippen LogP contribution in [-0.4, -0.2) is 34.3 Å². The first kappa shape index (κ1) is 14.4. The van der Waals surface area contributed by atoms with Gasteiger partial charge in [0.25, 0.3) is 0 Å². The van der Waals surface area contributed by atoms with E-state index in [0.717, 1.165) is 6.42 Å². The highest BCUT2D eigenvalue weighted by atomic mass is 127. The van der Waals surface area contributed by atoms with Crippen LogP contribution >= 0.6 is 22.6 Å². The van der Waals surface area contributed by atoms with Gasteiger partial charge >= 0.3 is 0 Å². The molecule has 0 amide bonds. The summed E-state index contributed by atoms with van der Waals surface area (Å²) in [5.41, 5.74) is 1.22. The van der Waals surface area contributed by atoms with Gasteiger partial charge in [0.1, 0.15) is 18.3 Å².